The maximum Gasteiger partial charge on any atom is 0.331 e. The number of hydrogen-bond acceptors (Lipinski definition) is 1. The van der Waals surface area contributed by atoms with Gasteiger partial charge in [0.2, 0.25) is 0 Å². The highest BCUT2D eigenvalue weighted by Crippen LogP contribution is 2.75. The topological polar surface area (TPSA) is 37.3 Å². The van der Waals surface area contributed by atoms with E-state index in [2.05, 4.69) is 48.1 Å². The number of hydrogen-bond donors (Lipinski definition) is 1. The average Bonchev–Trinajstić information content (AvgIpc) is 3.06. The molecule has 0 aliphatic heterocycles. The lowest BCUT2D eigenvalue weighted by Gasteiger charge is -2.49. The summed E-state index contributed by atoms with van der Waals surface area (Å²) in [7, 11) is 0. The van der Waals surface area contributed by atoms with Crippen LogP contribution in [0.25, 0.3) is 0 Å². The molecule has 4 aliphatic rings. The van der Waals surface area contributed by atoms with E-state index in [1.54, 1.807) is 0 Å². The molecule has 0 spiro atoms. The Morgan fingerprint density at radius 2 is 1.27 bits per heavy atom. The summed E-state index contributed by atoms with van der Waals surface area (Å²) in [4.78, 5) is 12.1. The number of fused-ring (bicyclic) bond motifs is 4. The Morgan fingerprint density at radius 1 is 0.885 bits per heavy atom. The van der Waals surface area contributed by atoms with E-state index in [1.165, 1.54) is 38.5 Å². The van der Waals surface area contributed by atoms with Gasteiger partial charge in [-0.25, -0.2) is 4.79 Å². The fourth-order valence-corrected chi connectivity index (χ4v) is 8.53. The van der Waals surface area contributed by atoms with Gasteiger partial charge in [0.15, 0.2) is 0 Å². The molecular formula is C24H38O2. The van der Waals surface area contributed by atoms with Crippen LogP contribution in [0, 0.1) is 51.2 Å². The molecule has 0 amide bonds. The molecule has 4 aliphatic carbocycles. The van der Waals surface area contributed by atoms with Crippen LogP contribution in [-0.4, -0.2) is 11.1 Å². The Morgan fingerprint density at radius 3 is 1.50 bits per heavy atom. The van der Waals surface area contributed by atoms with E-state index < -0.39 is 5.97 Å². The molecule has 4 fully saturated rings. The van der Waals surface area contributed by atoms with Crippen LogP contribution >= 0.6 is 0 Å². The molecule has 1 N–H and O–H groups in total. The molecule has 2 heteroatoms. The van der Waals surface area contributed by atoms with E-state index in [1.807, 2.05) is 0 Å². The van der Waals surface area contributed by atoms with Crippen molar-refractivity contribution in [3.05, 3.63) is 12.2 Å². The van der Waals surface area contributed by atoms with E-state index in [-0.39, 0.29) is 16.7 Å². The monoisotopic (exact) mass is 358 g/mol. The maximum absolute atomic E-state index is 12.1. The van der Waals surface area contributed by atoms with Crippen molar-refractivity contribution in [2.24, 2.45) is 51.2 Å². The van der Waals surface area contributed by atoms with Crippen LogP contribution in [0.4, 0.5) is 0 Å². The molecule has 6 unspecified atom stereocenters. The van der Waals surface area contributed by atoms with Gasteiger partial charge in [-0.05, 0) is 89.8 Å². The molecule has 4 saturated carbocycles. The lowest BCUT2D eigenvalue weighted by molar-refractivity contribution is -0.134. The molecule has 0 aromatic carbocycles. The Balaban J connectivity index is 1.77. The molecule has 4 rings (SSSR count). The number of carbonyl (C=O) groups is 1. The first-order chi connectivity index (χ1) is 11.9. The Labute approximate surface area is 159 Å². The minimum atomic E-state index is -0.761. The largest absolute Gasteiger partial charge is 0.478 e. The van der Waals surface area contributed by atoms with Gasteiger partial charge in [0.25, 0.3) is 0 Å². The number of aliphatic carboxylic acids is 1. The highest BCUT2D eigenvalue weighted by atomic mass is 16.4. The molecule has 0 saturated heterocycles. The molecule has 6 atom stereocenters. The quantitative estimate of drug-likeness (QED) is 0.610. The van der Waals surface area contributed by atoms with Crippen molar-refractivity contribution in [1.29, 1.82) is 0 Å². The molecule has 26 heavy (non-hydrogen) atoms. The van der Waals surface area contributed by atoms with Gasteiger partial charge >= 0.3 is 5.97 Å². The van der Waals surface area contributed by atoms with Crippen LogP contribution in [0.5, 0.6) is 0 Å². The summed E-state index contributed by atoms with van der Waals surface area (Å²) in [6, 6.07) is 0. The SMILES string of the molecule is C=C(C(=O)O)C(C1CC2CCC1(C)C2(C)C)C1CC2CCC1(C)C2(C)C. The second-order valence-electron chi connectivity index (χ2n) is 11.8. The Kier molecular flexibility index (Phi) is 3.69. The number of carboxylic acid groups (broad SMARTS) is 1. The van der Waals surface area contributed by atoms with Crippen LogP contribution in [0.15, 0.2) is 12.2 Å². The van der Waals surface area contributed by atoms with Crippen LogP contribution in [0.2, 0.25) is 0 Å². The fraction of sp³-hybridized carbons (Fsp3) is 0.875. The van der Waals surface area contributed by atoms with Crippen molar-refractivity contribution in [3.8, 4) is 0 Å². The standard InChI is InChI=1S/C24H38O2/c1-14(20(25)26)19(17-12-15-8-10-23(17,6)21(15,2)3)18-13-16-9-11-24(18,7)22(16,4)5/h15-19H,1,8-13H2,2-7H3,(H,25,26). The van der Waals surface area contributed by atoms with Gasteiger partial charge in [-0.3, -0.25) is 0 Å². The molecule has 2 nitrogen and oxygen atoms in total. The zero-order valence-corrected chi connectivity index (χ0v) is 17.7. The van der Waals surface area contributed by atoms with Crippen molar-refractivity contribution in [2.75, 3.05) is 0 Å². The molecule has 146 valence electrons. The highest BCUT2D eigenvalue weighted by Gasteiger charge is 2.68. The van der Waals surface area contributed by atoms with Gasteiger partial charge in [-0.15, -0.1) is 0 Å². The van der Waals surface area contributed by atoms with E-state index in [0.717, 1.165) is 11.8 Å². The second kappa shape index (κ2) is 5.17. The maximum atomic E-state index is 12.1. The predicted octanol–water partition coefficient (Wildman–Crippen LogP) is 6.17. The Hall–Kier alpha value is -0.790. The summed E-state index contributed by atoms with van der Waals surface area (Å²) < 4.78 is 0. The number of carboxylic acids is 1. The number of rotatable bonds is 4. The van der Waals surface area contributed by atoms with Crippen molar-refractivity contribution in [2.45, 2.75) is 80.1 Å². The van der Waals surface area contributed by atoms with Gasteiger partial charge < -0.3 is 5.11 Å². The molecular weight excluding hydrogens is 320 g/mol. The zero-order valence-electron chi connectivity index (χ0n) is 17.7. The third kappa shape index (κ3) is 1.92. The van der Waals surface area contributed by atoms with Crippen LogP contribution in [0.3, 0.4) is 0 Å². The van der Waals surface area contributed by atoms with Gasteiger partial charge in [0, 0.05) is 5.57 Å². The van der Waals surface area contributed by atoms with Crippen molar-refractivity contribution >= 4 is 5.97 Å². The van der Waals surface area contributed by atoms with Gasteiger partial charge in [0.1, 0.15) is 0 Å². The molecule has 0 radical (unpaired) electrons. The molecule has 0 aromatic heterocycles. The van der Waals surface area contributed by atoms with E-state index in [4.69, 9.17) is 0 Å². The van der Waals surface area contributed by atoms with Gasteiger partial charge in [-0.2, -0.15) is 0 Å². The molecule has 0 heterocycles. The summed E-state index contributed by atoms with van der Waals surface area (Å²) in [5, 5.41) is 9.94. The fourth-order valence-electron chi connectivity index (χ4n) is 8.53. The Bertz CT molecular complexity index is 615. The first-order valence-electron chi connectivity index (χ1n) is 10.8. The lowest BCUT2D eigenvalue weighted by Crippen LogP contribution is -2.45. The normalized spacial score (nSPS) is 48.7. The minimum absolute atomic E-state index is 0.150. The second-order valence-corrected chi connectivity index (χ2v) is 11.8. The van der Waals surface area contributed by atoms with E-state index >= 15 is 0 Å². The summed E-state index contributed by atoms with van der Waals surface area (Å²) in [5.74, 6) is 1.86. The van der Waals surface area contributed by atoms with Gasteiger partial charge in [-0.1, -0.05) is 48.1 Å². The average molecular weight is 359 g/mol. The summed E-state index contributed by atoms with van der Waals surface area (Å²) in [6.07, 6.45) is 7.57. The molecule has 4 bridgehead atoms. The van der Waals surface area contributed by atoms with Crippen molar-refractivity contribution < 1.29 is 9.90 Å². The highest BCUT2D eigenvalue weighted by molar-refractivity contribution is 5.86. The van der Waals surface area contributed by atoms with Crippen LogP contribution < -0.4 is 0 Å². The van der Waals surface area contributed by atoms with Crippen LogP contribution in [-0.2, 0) is 4.79 Å². The van der Waals surface area contributed by atoms with Crippen molar-refractivity contribution in [3.63, 3.8) is 0 Å². The van der Waals surface area contributed by atoms with E-state index in [9.17, 15) is 9.90 Å². The summed E-state index contributed by atoms with van der Waals surface area (Å²) in [5.41, 5.74) is 1.66. The third-order valence-electron chi connectivity index (χ3n) is 11.3. The predicted molar refractivity (Wildman–Crippen MR) is 106 cm³/mol. The zero-order chi connectivity index (χ0) is 19.3. The van der Waals surface area contributed by atoms with E-state index in [0.29, 0.717) is 28.2 Å². The summed E-state index contributed by atoms with van der Waals surface area (Å²) in [6.45, 7) is 18.9. The summed E-state index contributed by atoms with van der Waals surface area (Å²) >= 11 is 0. The lowest BCUT2D eigenvalue weighted by atomic mass is 9.54. The third-order valence-corrected chi connectivity index (χ3v) is 11.3. The smallest absolute Gasteiger partial charge is 0.331 e. The van der Waals surface area contributed by atoms with Gasteiger partial charge in [0.05, 0.1) is 0 Å². The molecule has 0 aromatic rings. The van der Waals surface area contributed by atoms with Crippen molar-refractivity contribution in [1.82, 2.24) is 0 Å². The first-order valence-corrected chi connectivity index (χ1v) is 10.8. The first kappa shape index (κ1) is 18.6. The van der Waals surface area contributed by atoms with Crippen LogP contribution in [0.1, 0.15) is 80.1 Å². The minimum Gasteiger partial charge on any atom is -0.478 e.